The van der Waals surface area contributed by atoms with Gasteiger partial charge in [-0.05, 0) is 32.3 Å². The first-order valence-electron chi connectivity index (χ1n) is 7.97. The number of nitrogens with one attached hydrogen (secondary N) is 1. The third kappa shape index (κ3) is 2.75. The fourth-order valence-electron chi connectivity index (χ4n) is 3.08. The molecule has 1 aliphatic carbocycles. The van der Waals surface area contributed by atoms with E-state index < -0.39 is 0 Å². The summed E-state index contributed by atoms with van der Waals surface area (Å²) < 4.78 is 20.2. The number of aliphatic hydroxyl groups excluding tert-OH is 1. The molecule has 0 aliphatic heterocycles. The number of halogens is 1. The first-order valence-corrected chi connectivity index (χ1v) is 7.97. The number of nitrogens with zero attached hydrogens (tertiary/aromatic N) is 1. The molecule has 1 aliphatic rings. The summed E-state index contributed by atoms with van der Waals surface area (Å²) in [4.78, 5) is 4.46. The van der Waals surface area contributed by atoms with E-state index in [9.17, 15) is 9.50 Å². The SMILES string of the molecule is Cc1c(F)c(CNC2CCCC2O)cc2nc(C(C)C)oc12. The van der Waals surface area contributed by atoms with Gasteiger partial charge in [-0.3, -0.25) is 0 Å². The number of oxazole rings is 1. The summed E-state index contributed by atoms with van der Waals surface area (Å²) in [6.07, 6.45) is 2.44. The Hall–Kier alpha value is -1.46. The Morgan fingerprint density at radius 1 is 1.45 bits per heavy atom. The Morgan fingerprint density at radius 3 is 2.86 bits per heavy atom. The van der Waals surface area contributed by atoms with Crippen LogP contribution in [0.2, 0.25) is 0 Å². The van der Waals surface area contributed by atoms with Crippen LogP contribution in [-0.2, 0) is 6.54 Å². The van der Waals surface area contributed by atoms with Gasteiger partial charge in [0.25, 0.3) is 0 Å². The summed E-state index contributed by atoms with van der Waals surface area (Å²) in [7, 11) is 0. The minimum Gasteiger partial charge on any atom is -0.440 e. The molecule has 1 fully saturated rings. The van der Waals surface area contributed by atoms with Gasteiger partial charge in [0.2, 0.25) is 0 Å². The molecule has 2 atom stereocenters. The van der Waals surface area contributed by atoms with Crippen molar-refractivity contribution in [3.63, 3.8) is 0 Å². The molecule has 2 aromatic rings. The van der Waals surface area contributed by atoms with Crippen molar-refractivity contribution in [2.75, 3.05) is 0 Å². The van der Waals surface area contributed by atoms with Gasteiger partial charge in [-0.15, -0.1) is 0 Å². The number of aliphatic hydroxyl groups is 1. The topological polar surface area (TPSA) is 58.3 Å². The largest absolute Gasteiger partial charge is 0.440 e. The molecule has 0 saturated heterocycles. The van der Waals surface area contributed by atoms with Crippen molar-refractivity contribution in [2.24, 2.45) is 0 Å². The summed E-state index contributed by atoms with van der Waals surface area (Å²) in [5.41, 5.74) is 2.31. The molecular formula is C17H23FN2O2. The summed E-state index contributed by atoms with van der Waals surface area (Å²) >= 11 is 0. The molecule has 2 N–H and O–H groups in total. The van der Waals surface area contributed by atoms with Gasteiger partial charge in [-0.25, -0.2) is 9.37 Å². The molecule has 22 heavy (non-hydrogen) atoms. The third-order valence-electron chi connectivity index (χ3n) is 4.46. The molecule has 1 saturated carbocycles. The fraction of sp³-hybridized carbons (Fsp3) is 0.588. The second kappa shape index (κ2) is 5.97. The van der Waals surface area contributed by atoms with E-state index in [2.05, 4.69) is 10.3 Å². The molecule has 0 amide bonds. The van der Waals surface area contributed by atoms with E-state index >= 15 is 0 Å². The van der Waals surface area contributed by atoms with Crippen molar-refractivity contribution in [1.29, 1.82) is 0 Å². The first-order chi connectivity index (χ1) is 10.5. The predicted molar refractivity (Wildman–Crippen MR) is 83.3 cm³/mol. The molecule has 1 aromatic carbocycles. The van der Waals surface area contributed by atoms with Crippen LogP contribution in [0.4, 0.5) is 4.39 Å². The Balaban J connectivity index is 1.87. The molecule has 5 heteroatoms. The number of hydrogen-bond acceptors (Lipinski definition) is 4. The average Bonchev–Trinajstić information content (AvgIpc) is 3.08. The van der Waals surface area contributed by atoms with Crippen LogP contribution in [-0.4, -0.2) is 22.2 Å². The van der Waals surface area contributed by atoms with Crippen LogP contribution >= 0.6 is 0 Å². The van der Waals surface area contributed by atoms with Gasteiger partial charge in [0.1, 0.15) is 11.3 Å². The Morgan fingerprint density at radius 2 is 2.23 bits per heavy atom. The maximum absolute atomic E-state index is 14.5. The number of aromatic nitrogens is 1. The second-order valence-corrected chi connectivity index (χ2v) is 6.52. The number of aryl methyl sites for hydroxylation is 1. The minimum atomic E-state index is -0.326. The van der Waals surface area contributed by atoms with Crippen LogP contribution in [0, 0.1) is 12.7 Å². The van der Waals surface area contributed by atoms with Crippen LogP contribution in [0.3, 0.4) is 0 Å². The Labute approximate surface area is 129 Å². The number of fused-ring (bicyclic) bond motifs is 1. The molecule has 0 spiro atoms. The molecule has 4 nitrogen and oxygen atoms in total. The highest BCUT2D eigenvalue weighted by Crippen LogP contribution is 2.28. The van der Waals surface area contributed by atoms with Gasteiger partial charge in [-0.1, -0.05) is 13.8 Å². The lowest BCUT2D eigenvalue weighted by molar-refractivity contribution is 0.148. The first kappa shape index (κ1) is 15.4. The summed E-state index contributed by atoms with van der Waals surface area (Å²) in [5.74, 6) is 0.554. The molecular weight excluding hydrogens is 283 g/mol. The van der Waals surface area contributed by atoms with Crippen molar-refractivity contribution in [2.45, 2.75) is 64.6 Å². The lowest BCUT2D eigenvalue weighted by Gasteiger charge is -2.17. The fourth-order valence-corrected chi connectivity index (χ4v) is 3.08. The van der Waals surface area contributed by atoms with E-state index in [1.54, 1.807) is 13.0 Å². The van der Waals surface area contributed by atoms with Gasteiger partial charge < -0.3 is 14.8 Å². The standard InChI is InChI=1S/C17H23FN2O2/c1-9(2)17-20-13-7-11(15(18)10(3)16(13)22-17)8-19-12-5-4-6-14(12)21/h7,9,12,14,19,21H,4-6,8H2,1-3H3. The highest BCUT2D eigenvalue weighted by Gasteiger charge is 2.25. The maximum Gasteiger partial charge on any atom is 0.198 e. The highest BCUT2D eigenvalue weighted by molar-refractivity contribution is 5.77. The van der Waals surface area contributed by atoms with E-state index in [0.29, 0.717) is 34.7 Å². The van der Waals surface area contributed by atoms with Crippen LogP contribution in [0.1, 0.15) is 56.0 Å². The van der Waals surface area contributed by atoms with E-state index in [1.165, 1.54) is 0 Å². The summed E-state index contributed by atoms with van der Waals surface area (Å²) in [6.45, 7) is 6.12. The normalized spacial score (nSPS) is 22.1. The van der Waals surface area contributed by atoms with Crippen molar-refractivity contribution in [3.8, 4) is 0 Å². The zero-order valence-electron chi connectivity index (χ0n) is 13.3. The highest BCUT2D eigenvalue weighted by atomic mass is 19.1. The van der Waals surface area contributed by atoms with Crippen LogP contribution in [0.15, 0.2) is 10.5 Å². The van der Waals surface area contributed by atoms with Gasteiger partial charge in [0.15, 0.2) is 11.5 Å². The number of rotatable bonds is 4. The van der Waals surface area contributed by atoms with Crippen LogP contribution < -0.4 is 5.32 Å². The van der Waals surface area contributed by atoms with E-state index in [1.807, 2.05) is 13.8 Å². The second-order valence-electron chi connectivity index (χ2n) is 6.52. The number of hydrogen-bond donors (Lipinski definition) is 2. The zero-order valence-corrected chi connectivity index (χ0v) is 13.3. The van der Waals surface area contributed by atoms with Crippen molar-refractivity contribution in [3.05, 3.63) is 28.9 Å². The smallest absolute Gasteiger partial charge is 0.198 e. The van der Waals surface area contributed by atoms with Gasteiger partial charge in [0.05, 0.1) is 6.10 Å². The zero-order chi connectivity index (χ0) is 15.9. The van der Waals surface area contributed by atoms with E-state index in [4.69, 9.17) is 4.42 Å². The predicted octanol–water partition coefficient (Wildman–Crippen LogP) is 3.40. The molecule has 1 heterocycles. The molecule has 1 aromatic heterocycles. The van der Waals surface area contributed by atoms with Crippen molar-refractivity contribution >= 4 is 11.1 Å². The lowest BCUT2D eigenvalue weighted by Crippen LogP contribution is -2.35. The Kier molecular flexibility index (Phi) is 4.19. The van der Waals surface area contributed by atoms with Crippen molar-refractivity contribution in [1.82, 2.24) is 10.3 Å². The van der Waals surface area contributed by atoms with Crippen molar-refractivity contribution < 1.29 is 13.9 Å². The van der Waals surface area contributed by atoms with Gasteiger partial charge in [0, 0.05) is 29.6 Å². The molecule has 3 rings (SSSR count). The quantitative estimate of drug-likeness (QED) is 0.909. The molecule has 2 unspecified atom stereocenters. The lowest BCUT2D eigenvalue weighted by atomic mass is 10.1. The van der Waals surface area contributed by atoms with E-state index in [-0.39, 0.29) is 23.9 Å². The van der Waals surface area contributed by atoms with Crippen LogP contribution in [0.25, 0.3) is 11.1 Å². The minimum absolute atomic E-state index is 0.0546. The molecule has 120 valence electrons. The third-order valence-corrected chi connectivity index (χ3v) is 4.46. The van der Waals surface area contributed by atoms with Crippen LogP contribution in [0.5, 0.6) is 0 Å². The van der Waals surface area contributed by atoms with E-state index in [0.717, 1.165) is 19.3 Å². The monoisotopic (exact) mass is 306 g/mol. The summed E-state index contributed by atoms with van der Waals surface area (Å²) in [5, 5.41) is 13.1. The average molecular weight is 306 g/mol. The summed E-state index contributed by atoms with van der Waals surface area (Å²) in [6, 6.07) is 1.81. The molecule has 0 radical (unpaired) electrons. The molecule has 0 bridgehead atoms. The Bertz CT molecular complexity index is 681. The van der Waals surface area contributed by atoms with Gasteiger partial charge >= 0.3 is 0 Å². The number of benzene rings is 1. The van der Waals surface area contributed by atoms with Gasteiger partial charge in [-0.2, -0.15) is 0 Å². The maximum atomic E-state index is 14.5.